The number of esters is 1. The van der Waals surface area contributed by atoms with Gasteiger partial charge in [0.15, 0.2) is 5.82 Å². The van der Waals surface area contributed by atoms with Crippen molar-refractivity contribution in [2.75, 3.05) is 18.2 Å². The maximum Gasteiger partial charge on any atom is 0.340 e. The van der Waals surface area contributed by atoms with Crippen molar-refractivity contribution in [3.63, 3.8) is 0 Å². The SMILES string of the molecule is COC(=O)c1cc(N)ncc1NCc1ncn(C)n1. The first kappa shape index (κ1) is 12.8. The monoisotopic (exact) mass is 262 g/mol. The molecule has 0 aliphatic rings. The standard InChI is InChI=1S/C11H14N6O2/c1-17-6-15-10(16-17)5-13-8-4-14-9(12)3-7(8)11(18)19-2/h3-4,6,13H,5H2,1-2H3,(H2,12,14). The second kappa shape index (κ2) is 5.34. The third-order valence-electron chi connectivity index (χ3n) is 2.41. The number of nitrogens with two attached hydrogens (primary N) is 1. The van der Waals surface area contributed by atoms with E-state index < -0.39 is 5.97 Å². The zero-order valence-electron chi connectivity index (χ0n) is 10.6. The maximum atomic E-state index is 11.6. The van der Waals surface area contributed by atoms with E-state index in [1.165, 1.54) is 19.4 Å². The molecule has 0 bridgehead atoms. The lowest BCUT2D eigenvalue weighted by molar-refractivity contribution is 0.0601. The quantitative estimate of drug-likeness (QED) is 0.757. The molecule has 0 saturated carbocycles. The molecule has 2 rings (SSSR count). The van der Waals surface area contributed by atoms with E-state index in [0.29, 0.717) is 23.6 Å². The molecular formula is C11H14N6O2. The van der Waals surface area contributed by atoms with Gasteiger partial charge in [-0.05, 0) is 6.07 Å². The van der Waals surface area contributed by atoms with Crippen LogP contribution >= 0.6 is 0 Å². The fourth-order valence-electron chi connectivity index (χ4n) is 1.53. The molecule has 0 aliphatic carbocycles. The summed E-state index contributed by atoms with van der Waals surface area (Å²) < 4.78 is 6.29. The van der Waals surface area contributed by atoms with Crippen molar-refractivity contribution in [1.82, 2.24) is 19.7 Å². The summed E-state index contributed by atoms with van der Waals surface area (Å²) in [6, 6.07) is 1.46. The Hall–Kier alpha value is -2.64. The average molecular weight is 262 g/mol. The largest absolute Gasteiger partial charge is 0.465 e. The second-order valence-corrected chi connectivity index (χ2v) is 3.83. The van der Waals surface area contributed by atoms with Gasteiger partial charge < -0.3 is 15.8 Å². The van der Waals surface area contributed by atoms with E-state index in [2.05, 4.69) is 20.4 Å². The zero-order chi connectivity index (χ0) is 13.8. The highest BCUT2D eigenvalue weighted by Crippen LogP contribution is 2.18. The van der Waals surface area contributed by atoms with Crippen molar-refractivity contribution in [1.29, 1.82) is 0 Å². The van der Waals surface area contributed by atoms with Crippen LogP contribution in [0.25, 0.3) is 0 Å². The highest BCUT2D eigenvalue weighted by atomic mass is 16.5. The molecule has 0 amide bonds. The molecule has 0 atom stereocenters. The smallest absolute Gasteiger partial charge is 0.340 e. The van der Waals surface area contributed by atoms with Crippen LogP contribution in [0.15, 0.2) is 18.6 Å². The molecule has 0 spiro atoms. The summed E-state index contributed by atoms with van der Waals surface area (Å²) in [5.74, 6) is 0.377. The fourth-order valence-corrected chi connectivity index (χ4v) is 1.53. The number of carbonyl (C=O) groups excluding carboxylic acids is 1. The van der Waals surface area contributed by atoms with Crippen LogP contribution in [0, 0.1) is 0 Å². The number of hydrogen-bond acceptors (Lipinski definition) is 7. The minimum Gasteiger partial charge on any atom is -0.465 e. The molecule has 0 radical (unpaired) electrons. The number of nitrogens with zero attached hydrogens (tertiary/aromatic N) is 4. The first-order chi connectivity index (χ1) is 9.10. The summed E-state index contributed by atoms with van der Waals surface area (Å²) in [4.78, 5) is 19.6. The first-order valence-corrected chi connectivity index (χ1v) is 5.52. The lowest BCUT2D eigenvalue weighted by atomic mass is 10.2. The van der Waals surface area contributed by atoms with E-state index in [4.69, 9.17) is 10.5 Å². The summed E-state index contributed by atoms with van der Waals surface area (Å²) in [7, 11) is 3.09. The van der Waals surface area contributed by atoms with Gasteiger partial charge in [-0.3, -0.25) is 4.68 Å². The summed E-state index contributed by atoms with van der Waals surface area (Å²) in [5, 5.41) is 7.15. The van der Waals surface area contributed by atoms with Crippen molar-refractivity contribution in [3.05, 3.63) is 30.0 Å². The van der Waals surface area contributed by atoms with Crippen LogP contribution < -0.4 is 11.1 Å². The number of nitrogens with one attached hydrogen (secondary N) is 1. The summed E-state index contributed by atoms with van der Waals surface area (Å²) in [6.45, 7) is 0.371. The van der Waals surface area contributed by atoms with Crippen molar-refractivity contribution in [3.8, 4) is 0 Å². The van der Waals surface area contributed by atoms with Crippen molar-refractivity contribution in [2.45, 2.75) is 6.54 Å². The summed E-state index contributed by atoms with van der Waals surface area (Å²) in [6.07, 6.45) is 3.07. The first-order valence-electron chi connectivity index (χ1n) is 5.52. The summed E-state index contributed by atoms with van der Waals surface area (Å²) in [5.41, 5.74) is 6.40. The van der Waals surface area contributed by atoms with Gasteiger partial charge in [0.25, 0.3) is 0 Å². The highest BCUT2D eigenvalue weighted by molar-refractivity contribution is 5.96. The minimum absolute atomic E-state index is 0.252. The Kier molecular flexibility index (Phi) is 3.60. The van der Waals surface area contributed by atoms with Crippen LogP contribution in [0.3, 0.4) is 0 Å². The lowest BCUT2D eigenvalue weighted by Crippen LogP contribution is -2.10. The predicted octanol–water partition coefficient (Wildman–Crippen LogP) is 0.191. The van der Waals surface area contributed by atoms with Gasteiger partial charge >= 0.3 is 5.97 Å². The van der Waals surface area contributed by atoms with E-state index in [0.717, 1.165) is 0 Å². The van der Waals surface area contributed by atoms with Crippen LogP contribution in [0.5, 0.6) is 0 Å². The van der Waals surface area contributed by atoms with Crippen molar-refractivity contribution < 1.29 is 9.53 Å². The minimum atomic E-state index is -0.481. The molecule has 0 aromatic carbocycles. The number of aromatic nitrogens is 4. The molecule has 100 valence electrons. The number of rotatable bonds is 4. The molecule has 2 aromatic heterocycles. The number of pyridine rings is 1. The van der Waals surface area contributed by atoms with Crippen LogP contribution in [0.1, 0.15) is 16.2 Å². The molecule has 2 aromatic rings. The van der Waals surface area contributed by atoms with E-state index >= 15 is 0 Å². The highest BCUT2D eigenvalue weighted by Gasteiger charge is 2.13. The Bertz CT molecular complexity index is 595. The van der Waals surface area contributed by atoms with Crippen LogP contribution in [-0.2, 0) is 18.3 Å². The number of anilines is 2. The summed E-state index contributed by atoms with van der Waals surface area (Å²) >= 11 is 0. The molecule has 19 heavy (non-hydrogen) atoms. The normalized spacial score (nSPS) is 10.2. The van der Waals surface area contributed by atoms with Gasteiger partial charge in [0, 0.05) is 7.05 Å². The van der Waals surface area contributed by atoms with Crippen molar-refractivity contribution >= 4 is 17.5 Å². The third kappa shape index (κ3) is 2.97. The predicted molar refractivity (Wildman–Crippen MR) is 68.3 cm³/mol. The van der Waals surface area contributed by atoms with Gasteiger partial charge in [-0.15, -0.1) is 0 Å². The Morgan fingerprint density at radius 3 is 2.95 bits per heavy atom. The molecular weight excluding hydrogens is 248 g/mol. The van der Waals surface area contributed by atoms with E-state index in [1.54, 1.807) is 18.1 Å². The Labute approximate surface area is 109 Å². The van der Waals surface area contributed by atoms with Gasteiger partial charge in [-0.25, -0.2) is 14.8 Å². The fraction of sp³-hybridized carbons (Fsp3) is 0.273. The number of nitrogen functional groups attached to an aromatic ring is 1. The third-order valence-corrected chi connectivity index (χ3v) is 2.41. The van der Waals surface area contributed by atoms with Crippen LogP contribution in [0.4, 0.5) is 11.5 Å². The number of aryl methyl sites for hydroxylation is 1. The number of hydrogen-bond donors (Lipinski definition) is 2. The number of methoxy groups -OCH3 is 1. The number of carbonyl (C=O) groups is 1. The molecule has 0 aliphatic heterocycles. The lowest BCUT2D eigenvalue weighted by Gasteiger charge is -2.09. The molecule has 8 nitrogen and oxygen atoms in total. The molecule has 8 heteroatoms. The molecule has 3 N–H and O–H groups in total. The maximum absolute atomic E-state index is 11.6. The molecule has 2 heterocycles. The van der Waals surface area contributed by atoms with Crippen LogP contribution in [0.2, 0.25) is 0 Å². The number of ether oxygens (including phenoxy) is 1. The Balaban J connectivity index is 2.17. The van der Waals surface area contributed by atoms with E-state index in [1.807, 2.05) is 0 Å². The Morgan fingerprint density at radius 1 is 1.53 bits per heavy atom. The van der Waals surface area contributed by atoms with Crippen molar-refractivity contribution in [2.24, 2.45) is 7.05 Å². The second-order valence-electron chi connectivity index (χ2n) is 3.83. The van der Waals surface area contributed by atoms with E-state index in [-0.39, 0.29) is 5.82 Å². The van der Waals surface area contributed by atoms with Gasteiger partial charge in [-0.2, -0.15) is 5.10 Å². The van der Waals surface area contributed by atoms with E-state index in [9.17, 15) is 4.79 Å². The molecule has 0 saturated heterocycles. The van der Waals surface area contributed by atoms with Gasteiger partial charge in [0.2, 0.25) is 0 Å². The Morgan fingerprint density at radius 2 is 2.32 bits per heavy atom. The van der Waals surface area contributed by atoms with Gasteiger partial charge in [0.1, 0.15) is 12.1 Å². The molecule has 0 fully saturated rings. The van der Waals surface area contributed by atoms with Gasteiger partial charge in [0.05, 0.1) is 31.1 Å². The van der Waals surface area contributed by atoms with Gasteiger partial charge in [-0.1, -0.05) is 0 Å². The zero-order valence-corrected chi connectivity index (χ0v) is 10.6. The van der Waals surface area contributed by atoms with Crippen LogP contribution in [-0.4, -0.2) is 32.8 Å². The molecule has 0 unspecified atom stereocenters. The topological polar surface area (TPSA) is 108 Å². The average Bonchev–Trinajstić information content (AvgIpc) is 2.82.